The summed E-state index contributed by atoms with van der Waals surface area (Å²) < 4.78 is 7.27. The third kappa shape index (κ3) is 3.29. The first kappa shape index (κ1) is 15.0. The Kier molecular flexibility index (Phi) is 4.60. The van der Waals surface area contributed by atoms with Gasteiger partial charge in [-0.25, -0.2) is 0 Å². The first-order valence-corrected chi connectivity index (χ1v) is 9.07. The van der Waals surface area contributed by atoms with Crippen molar-refractivity contribution in [2.75, 3.05) is 12.4 Å². The van der Waals surface area contributed by atoms with Gasteiger partial charge in [0.15, 0.2) is 0 Å². The predicted molar refractivity (Wildman–Crippen MR) is 93.6 cm³/mol. The van der Waals surface area contributed by atoms with E-state index in [0.29, 0.717) is 11.8 Å². The summed E-state index contributed by atoms with van der Waals surface area (Å²) in [5, 5.41) is 0. The van der Waals surface area contributed by atoms with Gasteiger partial charge in [-0.2, -0.15) is 0 Å². The fourth-order valence-corrected chi connectivity index (χ4v) is 4.27. The van der Waals surface area contributed by atoms with E-state index < -0.39 is 0 Å². The van der Waals surface area contributed by atoms with Crippen molar-refractivity contribution in [2.45, 2.75) is 30.6 Å². The lowest BCUT2D eigenvalue weighted by Gasteiger charge is -2.17. The van der Waals surface area contributed by atoms with Gasteiger partial charge in [0.25, 0.3) is 0 Å². The second-order valence-corrected chi connectivity index (χ2v) is 7.67. The fraction of sp³-hybridized carbons (Fsp3) is 0.333. The van der Waals surface area contributed by atoms with Crippen molar-refractivity contribution in [2.24, 2.45) is 0 Å². The molecule has 3 heteroatoms. The molecule has 0 fully saturated rings. The molecule has 0 saturated carbocycles. The lowest BCUT2D eigenvalue weighted by molar-refractivity contribution is 0.294. The molecule has 3 rings (SSSR count). The van der Waals surface area contributed by atoms with Crippen LogP contribution in [0.2, 0.25) is 0 Å². The summed E-state index contributed by atoms with van der Waals surface area (Å²) in [6, 6.07) is 15.0. The molecule has 0 aliphatic carbocycles. The maximum atomic E-state index is 6.16. The molecule has 0 aromatic heterocycles. The molecule has 0 saturated heterocycles. The maximum Gasteiger partial charge on any atom is 0.122 e. The third-order valence-electron chi connectivity index (χ3n) is 3.83. The maximum absolute atomic E-state index is 6.16. The highest BCUT2D eigenvalue weighted by Gasteiger charge is 2.23. The lowest BCUT2D eigenvalue weighted by atomic mass is 10.0. The third-order valence-corrected chi connectivity index (χ3v) is 5.58. The number of fused-ring (bicyclic) bond motifs is 1. The number of halogens is 1. The molecule has 2 aromatic carbocycles. The number of hydrogen-bond acceptors (Lipinski definition) is 2. The predicted octanol–water partition coefficient (Wildman–Crippen LogP) is 5.84. The Labute approximate surface area is 139 Å². The Balaban J connectivity index is 1.75. The summed E-state index contributed by atoms with van der Waals surface area (Å²) in [6.07, 6.45) is 0. The zero-order chi connectivity index (χ0) is 14.8. The second kappa shape index (κ2) is 6.45. The minimum Gasteiger partial charge on any atom is -0.493 e. The molecule has 2 aromatic rings. The lowest BCUT2D eigenvalue weighted by Crippen LogP contribution is -2.11. The summed E-state index contributed by atoms with van der Waals surface area (Å²) in [6.45, 7) is 5.16. The average molecular weight is 363 g/mol. The average Bonchev–Trinajstić information content (AvgIpc) is 2.89. The molecule has 110 valence electrons. The summed E-state index contributed by atoms with van der Waals surface area (Å²) in [7, 11) is 0. The van der Waals surface area contributed by atoms with Crippen molar-refractivity contribution >= 4 is 27.7 Å². The van der Waals surface area contributed by atoms with E-state index in [4.69, 9.17) is 4.74 Å². The van der Waals surface area contributed by atoms with Crippen LogP contribution in [0, 0.1) is 0 Å². The molecule has 1 aliphatic heterocycles. The SMILES string of the molecule is CC(C)c1cc(Br)ccc1OCC1CSc2ccccc21. The highest BCUT2D eigenvalue weighted by Crippen LogP contribution is 2.40. The van der Waals surface area contributed by atoms with Gasteiger partial charge in [0.2, 0.25) is 0 Å². The van der Waals surface area contributed by atoms with Crippen molar-refractivity contribution in [3.05, 3.63) is 58.1 Å². The van der Waals surface area contributed by atoms with Crippen molar-refractivity contribution in [3.8, 4) is 5.75 Å². The number of ether oxygens (including phenoxy) is 1. The van der Waals surface area contributed by atoms with Crippen LogP contribution in [0.5, 0.6) is 5.75 Å². The van der Waals surface area contributed by atoms with E-state index in [-0.39, 0.29) is 0 Å². The van der Waals surface area contributed by atoms with Gasteiger partial charge < -0.3 is 4.74 Å². The van der Waals surface area contributed by atoms with Gasteiger partial charge in [0, 0.05) is 21.0 Å². The van der Waals surface area contributed by atoms with Crippen LogP contribution in [0.4, 0.5) is 0 Å². The smallest absolute Gasteiger partial charge is 0.122 e. The van der Waals surface area contributed by atoms with Crippen LogP contribution < -0.4 is 4.74 Å². The van der Waals surface area contributed by atoms with Gasteiger partial charge in [-0.15, -0.1) is 11.8 Å². The molecule has 1 aliphatic rings. The number of thioether (sulfide) groups is 1. The van der Waals surface area contributed by atoms with Crippen LogP contribution in [0.1, 0.15) is 36.8 Å². The van der Waals surface area contributed by atoms with Crippen molar-refractivity contribution in [1.82, 2.24) is 0 Å². The highest BCUT2D eigenvalue weighted by atomic mass is 79.9. The van der Waals surface area contributed by atoms with Crippen molar-refractivity contribution < 1.29 is 4.74 Å². The molecule has 0 bridgehead atoms. The Morgan fingerprint density at radius 1 is 1.24 bits per heavy atom. The van der Waals surface area contributed by atoms with Crippen molar-refractivity contribution in [1.29, 1.82) is 0 Å². The van der Waals surface area contributed by atoms with Crippen LogP contribution in [-0.4, -0.2) is 12.4 Å². The molecule has 0 N–H and O–H groups in total. The Hall–Kier alpha value is -0.930. The van der Waals surface area contributed by atoms with Crippen LogP contribution in [0.15, 0.2) is 51.8 Å². The van der Waals surface area contributed by atoms with E-state index in [1.807, 2.05) is 11.8 Å². The normalized spacial score (nSPS) is 17.0. The largest absolute Gasteiger partial charge is 0.493 e. The molecule has 1 atom stereocenters. The van der Waals surface area contributed by atoms with Crippen LogP contribution in [0.3, 0.4) is 0 Å². The monoisotopic (exact) mass is 362 g/mol. The minimum atomic E-state index is 0.461. The zero-order valence-electron chi connectivity index (χ0n) is 12.3. The Morgan fingerprint density at radius 3 is 2.86 bits per heavy atom. The van der Waals surface area contributed by atoms with E-state index in [0.717, 1.165) is 22.6 Å². The van der Waals surface area contributed by atoms with Crippen LogP contribution >= 0.6 is 27.7 Å². The molecule has 1 nitrogen and oxygen atoms in total. The van der Waals surface area contributed by atoms with Gasteiger partial charge in [-0.1, -0.05) is 48.0 Å². The zero-order valence-corrected chi connectivity index (χ0v) is 14.7. The molecule has 1 unspecified atom stereocenters. The molecule has 21 heavy (non-hydrogen) atoms. The van der Waals surface area contributed by atoms with E-state index in [2.05, 4.69) is 72.2 Å². The van der Waals surface area contributed by atoms with Gasteiger partial charge >= 0.3 is 0 Å². The summed E-state index contributed by atoms with van der Waals surface area (Å²) in [5.74, 6) is 3.09. The molecule has 1 heterocycles. The standard InChI is InChI=1S/C18H19BrOS/c1-12(2)16-9-14(19)7-8-17(16)20-10-13-11-21-18-6-4-3-5-15(13)18/h3-9,12-13H,10-11H2,1-2H3. The summed E-state index contributed by atoms with van der Waals surface area (Å²) in [4.78, 5) is 1.41. The minimum absolute atomic E-state index is 0.461. The van der Waals surface area contributed by atoms with Crippen molar-refractivity contribution in [3.63, 3.8) is 0 Å². The van der Waals surface area contributed by atoms with Gasteiger partial charge in [0.1, 0.15) is 5.75 Å². The summed E-state index contributed by atoms with van der Waals surface area (Å²) >= 11 is 5.48. The molecular formula is C18H19BrOS. The van der Waals surface area contributed by atoms with Gasteiger partial charge in [-0.3, -0.25) is 0 Å². The Morgan fingerprint density at radius 2 is 2.05 bits per heavy atom. The Bertz CT molecular complexity index is 639. The first-order valence-electron chi connectivity index (χ1n) is 7.29. The van der Waals surface area contributed by atoms with Crippen LogP contribution in [0.25, 0.3) is 0 Å². The van der Waals surface area contributed by atoms with Gasteiger partial charge in [0.05, 0.1) is 6.61 Å². The molecule has 0 radical (unpaired) electrons. The summed E-state index contributed by atoms with van der Waals surface area (Å²) in [5.41, 5.74) is 2.70. The fourth-order valence-electron chi connectivity index (χ4n) is 2.66. The van der Waals surface area contributed by atoms with Crippen LogP contribution in [-0.2, 0) is 0 Å². The number of hydrogen-bond donors (Lipinski definition) is 0. The molecule has 0 spiro atoms. The van der Waals surface area contributed by atoms with Gasteiger partial charge in [-0.05, 0) is 41.3 Å². The quantitative estimate of drug-likeness (QED) is 0.675. The number of benzene rings is 2. The van der Waals surface area contributed by atoms with E-state index in [1.165, 1.54) is 16.0 Å². The van der Waals surface area contributed by atoms with E-state index in [1.54, 1.807) is 0 Å². The van der Waals surface area contributed by atoms with E-state index >= 15 is 0 Å². The highest BCUT2D eigenvalue weighted by molar-refractivity contribution is 9.10. The topological polar surface area (TPSA) is 9.23 Å². The molecular weight excluding hydrogens is 344 g/mol. The first-order chi connectivity index (χ1) is 10.1. The second-order valence-electron chi connectivity index (χ2n) is 5.69. The molecule has 0 amide bonds. The van der Waals surface area contributed by atoms with E-state index in [9.17, 15) is 0 Å². The number of rotatable bonds is 4.